The molecule has 0 fully saturated rings. The molecule has 0 radical (unpaired) electrons. The van der Waals surface area contributed by atoms with Crippen LogP contribution in [0.1, 0.15) is 0 Å². The van der Waals surface area contributed by atoms with Crippen LogP contribution in [0, 0.1) is 0 Å². The Morgan fingerprint density at radius 2 is 1.85 bits per heavy atom. The maximum Gasteiger partial charge on any atom is 0.273 e. The van der Waals surface area contributed by atoms with Gasteiger partial charge in [-0.25, -0.2) is 8.42 Å². The minimum Gasteiger partial charge on any atom is -0.484 e. The molecule has 0 aliphatic heterocycles. The van der Waals surface area contributed by atoms with E-state index in [0.29, 0.717) is 17.1 Å². The number of nitrogens with zero attached hydrogens (tertiary/aromatic N) is 2. The number of carbonyl (C=O) groups excluding carboxylic acids is 1. The monoisotopic (exact) mass is 403 g/mol. The number of aromatic nitrogens is 1. The lowest BCUT2D eigenvalue weighted by Crippen LogP contribution is -2.25. The number of thiophene rings is 1. The SMILES string of the molecule is CN(c1ccc(OCC(=O)Nc2ccncc2)cc1)S(=O)(=O)c1cccs1. The first-order chi connectivity index (χ1) is 13.0. The predicted octanol–water partition coefficient (Wildman–Crippen LogP) is 2.99. The molecule has 2 heterocycles. The van der Waals surface area contributed by atoms with E-state index < -0.39 is 10.0 Å². The van der Waals surface area contributed by atoms with Crippen LogP contribution in [-0.2, 0) is 14.8 Å². The summed E-state index contributed by atoms with van der Waals surface area (Å²) in [5.41, 5.74) is 1.13. The van der Waals surface area contributed by atoms with E-state index >= 15 is 0 Å². The first kappa shape index (κ1) is 18.9. The van der Waals surface area contributed by atoms with Gasteiger partial charge < -0.3 is 10.1 Å². The zero-order valence-electron chi connectivity index (χ0n) is 14.4. The summed E-state index contributed by atoms with van der Waals surface area (Å²) in [6.07, 6.45) is 3.16. The van der Waals surface area contributed by atoms with Crippen molar-refractivity contribution in [1.82, 2.24) is 4.98 Å². The van der Waals surface area contributed by atoms with Gasteiger partial charge in [0.15, 0.2) is 6.61 Å². The summed E-state index contributed by atoms with van der Waals surface area (Å²) in [6.45, 7) is -0.162. The second-order valence-electron chi connectivity index (χ2n) is 5.47. The van der Waals surface area contributed by atoms with Gasteiger partial charge in [0.25, 0.3) is 15.9 Å². The fraction of sp³-hybridized carbons (Fsp3) is 0.111. The van der Waals surface area contributed by atoms with Crippen LogP contribution >= 0.6 is 11.3 Å². The Balaban J connectivity index is 1.59. The highest BCUT2D eigenvalue weighted by Crippen LogP contribution is 2.26. The van der Waals surface area contributed by atoms with E-state index in [1.807, 2.05) is 0 Å². The molecule has 1 N–H and O–H groups in total. The summed E-state index contributed by atoms with van der Waals surface area (Å²) in [5.74, 6) is 0.160. The molecule has 0 aliphatic carbocycles. The molecule has 0 atom stereocenters. The normalized spacial score (nSPS) is 11.0. The number of benzene rings is 1. The molecule has 0 unspecified atom stereocenters. The Morgan fingerprint density at radius 3 is 2.48 bits per heavy atom. The third kappa shape index (κ3) is 4.63. The first-order valence-electron chi connectivity index (χ1n) is 7.92. The number of nitrogens with one attached hydrogen (secondary N) is 1. The van der Waals surface area contributed by atoms with Crippen molar-refractivity contribution in [3.63, 3.8) is 0 Å². The largest absolute Gasteiger partial charge is 0.484 e. The minimum atomic E-state index is -3.58. The van der Waals surface area contributed by atoms with Gasteiger partial charge in [0.05, 0.1) is 5.69 Å². The number of hydrogen-bond donors (Lipinski definition) is 1. The Bertz CT molecular complexity index is 989. The van der Waals surface area contributed by atoms with E-state index in [0.717, 1.165) is 0 Å². The summed E-state index contributed by atoms with van der Waals surface area (Å²) >= 11 is 1.17. The van der Waals surface area contributed by atoms with Crippen LogP contribution in [0.3, 0.4) is 0 Å². The zero-order valence-corrected chi connectivity index (χ0v) is 16.0. The first-order valence-corrected chi connectivity index (χ1v) is 10.2. The molecule has 0 saturated carbocycles. The van der Waals surface area contributed by atoms with Crippen molar-refractivity contribution in [2.75, 3.05) is 23.3 Å². The predicted molar refractivity (Wildman–Crippen MR) is 105 cm³/mol. The van der Waals surface area contributed by atoms with Crippen molar-refractivity contribution in [3.8, 4) is 5.75 Å². The molecule has 1 aromatic carbocycles. The van der Waals surface area contributed by atoms with E-state index in [4.69, 9.17) is 4.74 Å². The molecule has 140 valence electrons. The summed E-state index contributed by atoms with van der Waals surface area (Å²) in [6, 6.07) is 13.1. The smallest absolute Gasteiger partial charge is 0.273 e. The van der Waals surface area contributed by atoms with Crippen molar-refractivity contribution in [1.29, 1.82) is 0 Å². The number of carbonyl (C=O) groups is 1. The molecule has 1 amide bonds. The Hall–Kier alpha value is -2.91. The van der Waals surface area contributed by atoms with Gasteiger partial charge in [0.2, 0.25) is 0 Å². The van der Waals surface area contributed by atoms with Crippen LogP contribution in [-0.4, -0.2) is 33.0 Å². The van der Waals surface area contributed by atoms with Crippen molar-refractivity contribution in [3.05, 3.63) is 66.3 Å². The van der Waals surface area contributed by atoms with Gasteiger partial charge in [-0.1, -0.05) is 6.07 Å². The average molecular weight is 403 g/mol. The lowest BCUT2D eigenvalue weighted by molar-refractivity contribution is -0.118. The van der Waals surface area contributed by atoms with Gasteiger partial charge in [-0.3, -0.25) is 14.1 Å². The van der Waals surface area contributed by atoms with E-state index in [2.05, 4.69) is 10.3 Å². The second kappa shape index (κ2) is 8.19. The number of rotatable bonds is 7. The molecular weight excluding hydrogens is 386 g/mol. The Morgan fingerprint density at radius 1 is 1.15 bits per heavy atom. The summed E-state index contributed by atoms with van der Waals surface area (Å²) in [5, 5.41) is 4.40. The van der Waals surface area contributed by atoms with E-state index in [1.54, 1.807) is 66.3 Å². The summed E-state index contributed by atoms with van der Waals surface area (Å²) in [4.78, 5) is 15.8. The number of ether oxygens (including phenoxy) is 1. The lowest BCUT2D eigenvalue weighted by Gasteiger charge is -2.18. The highest BCUT2D eigenvalue weighted by Gasteiger charge is 2.22. The summed E-state index contributed by atoms with van der Waals surface area (Å²) < 4.78 is 32.0. The maximum atomic E-state index is 12.5. The van der Waals surface area contributed by atoms with Crippen LogP contribution < -0.4 is 14.4 Å². The number of amides is 1. The molecule has 0 spiro atoms. The molecule has 0 bridgehead atoms. The highest BCUT2D eigenvalue weighted by atomic mass is 32.2. The van der Waals surface area contributed by atoms with Gasteiger partial charge in [0, 0.05) is 25.1 Å². The fourth-order valence-electron chi connectivity index (χ4n) is 2.22. The van der Waals surface area contributed by atoms with Crippen molar-refractivity contribution in [2.45, 2.75) is 4.21 Å². The van der Waals surface area contributed by atoms with Crippen LogP contribution in [0.5, 0.6) is 5.75 Å². The van der Waals surface area contributed by atoms with Crippen LogP contribution in [0.15, 0.2) is 70.5 Å². The molecular formula is C18H17N3O4S2. The number of hydrogen-bond acceptors (Lipinski definition) is 6. The van der Waals surface area contributed by atoms with Gasteiger partial charge in [0.1, 0.15) is 9.96 Å². The Labute approximate surface area is 161 Å². The minimum absolute atomic E-state index is 0.162. The molecule has 0 saturated heterocycles. The number of sulfonamides is 1. The van der Waals surface area contributed by atoms with Gasteiger partial charge in [-0.05, 0) is 47.8 Å². The molecule has 3 aromatic rings. The Kier molecular flexibility index (Phi) is 5.72. The van der Waals surface area contributed by atoms with Gasteiger partial charge in [-0.15, -0.1) is 11.3 Å². The molecule has 9 heteroatoms. The molecule has 7 nitrogen and oxygen atoms in total. The van der Waals surface area contributed by atoms with E-state index in [-0.39, 0.29) is 16.7 Å². The zero-order chi connectivity index (χ0) is 19.3. The quantitative estimate of drug-likeness (QED) is 0.655. The second-order valence-corrected chi connectivity index (χ2v) is 8.62. The van der Waals surface area contributed by atoms with Crippen LogP contribution in [0.4, 0.5) is 11.4 Å². The number of pyridine rings is 1. The molecule has 2 aromatic heterocycles. The van der Waals surface area contributed by atoms with Crippen LogP contribution in [0.2, 0.25) is 0 Å². The molecule has 0 aliphatic rings. The fourth-order valence-corrected chi connectivity index (χ4v) is 4.57. The number of anilines is 2. The average Bonchev–Trinajstić information content (AvgIpc) is 3.23. The highest BCUT2D eigenvalue weighted by molar-refractivity contribution is 7.94. The molecule has 3 rings (SSSR count). The lowest BCUT2D eigenvalue weighted by atomic mass is 10.3. The van der Waals surface area contributed by atoms with Gasteiger partial charge >= 0.3 is 0 Å². The van der Waals surface area contributed by atoms with Crippen LogP contribution in [0.25, 0.3) is 0 Å². The van der Waals surface area contributed by atoms with Crippen molar-refractivity contribution in [2.24, 2.45) is 0 Å². The van der Waals surface area contributed by atoms with Crippen molar-refractivity contribution >= 4 is 38.6 Å². The third-order valence-electron chi connectivity index (χ3n) is 3.64. The summed E-state index contributed by atoms with van der Waals surface area (Å²) in [7, 11) is -2.09. The van der Waals surface area contributed by atoms with E-state index in [1.165, 1.54) is 22.7 Å². The third-order valence-corrected chi connectivity index (χ3v) is 6.80. The standard InChI is InChI=1S/C18H17N3O4S2/c1-21(27(23,24)18-3-2-12-26-18)15-4-6-16(7-5-15)25-13-17(22)20-14-8-10-19-11-9-14/h2-12H,13H2,1H3,(H,19,20,22). The molecule has 27 heavy (non-hydrogen) atoms. The maximum absolute atomic E-state index is 12.5. The van der Waals surface area contributed by atoms with Crippen molar-refractivity contribution < 1.29 is 17.9 Å². The van der Waals surface area contributed by atoms with E-state index in [9.17, 15) is 13.2 Å². The topological polar surface area (TPSA) is 88.6 Å². The van der Waals surface area contributed by atoms with Gasteiger partial charge in [-0.2, -0.15) is 0 Å².